The van der Waals surface area contributed by atoms with Crippen LogP contribution in [-0.2, 0) is 6.54 Å². The Hall–Kier alpha value is -1.63. The molecule has 0 spiro atoms. The molecule has 1 aromatic carbocycles. The number of fused-ring (bicyclic) bond motifs is 3. The predicted molar refractivity (Wildman–Crippen MR) is 67.0 cm³/mol. The summed E-state index contributed by atoms with van der Waals surface area (Å²) in [6.45, 7) is 3.29. The van der Waals surface area contributed by atoms with Crippen LogP contribution < -0.4 is 4.57 Å². The molecule has 1 nitrogen and oxygen atoms in total. The van der Waals surface area contributed by atoms with Crippen molar-refractivity contribution in [1.29, 1.82) is 0 Å². The van der Waals surface area contributed by atoms with Crippen molar-refractivity contribution in [3.8, 4) is 0 Å². The Bertz CT molecular complexity index is 567. The van der Waals surface area contributed by atoms with Gasteiger partial charge in [-0.3, -0.25) is 0 Å². The van der Waals surface area contributed by atoms with Crippen molar-refractivity contribution >= 4 is 16.5 Å². The van der Waals surface area contributed by atoms with Gasteiger partial charge in [0.05, 0.1) is 0 Å². The first-order valence-corrected chi connectivity index (χ1v) is 5.97. The lowest BCUT2D eigenvalue weighted by Crippen LogP contribution is -2.41. The highest BCUT2D eigenvalue weighted by molar-refractivity contribution is 5.77. The zero-order chi connectivity index (χ0) is 11.0. The summed E-state index contributed by atoms with van der Waals surface area (Å²) >= 11 is 0. The van der Waals surface area contributed by atoms with E-state index >= 15 is 0 Å². The van der Waals surface area contributed by atoms with Gasteiger partial charge in [-0.05, 0) is 25.5 Å². The smallest absolute Gasteiger partial charge is 0.192 e. The van der Waals surface area contributed by atoms with Crippen LogP contribution in [0.25, 0.3) is 16.5 Å². The molecule has 0 saturated heterocycles. The third kappa shape index (κ3) is 1.35. The lowest BCUT2D eigenvalue weighted by atomic mass is 10.00. The second-order valence-electron chi connectivity index (χ2n) is 4.35. The third-order valence-corrected chi connectivity index (χ3v) is 3.44. The highest BCUT2D eigenvalue weighted by atomic mass is 15.0. The van der Waals surface area contributed by atoms with Gasteiger partial charge in [0.15, 0.2) is 0 Å². The number of pyridine rings is 1. The molecule has 0 saturated carbocycles. The number of para-hydroxylation sites is 1. The minimum atomic E-state index is 1.15. The van der Waals surface area contributed by atoms with Gasteiger partial charge in [-0.15, -0.1) is 0 Å². The summed E-state index contributed by atoms with van der Waals surface area (Å²) in [5.74, 6) is 0. The summed E-state index contributed by atoms with van der Waals surface area (Å²) < 4.78 is 2.45. The first kappa shape index (κ1) is 9.59. The minimum Gasteiger partial charge on any atom is -0.192 e. The van der Waals surface area contributed by atoms with E-state index in [1.54, 1.807) is 0 Å². The lowest BCUT2D eigenvalue weighted by Gasteiger charge is -2.14. The standard InChI is InChI=1S/C15H16N/c1-2-12-7-5-11-16-14-8-4-3-6-13(14)9-10-15(12)16/h2-4,6,8-10H,5,7,11H2,1H3/q+1/b12-2+. The Kier molecular flexibility index (Phi) is 2.24. The Balaban J connectivity index is 2.34. The van der Waals surface area contributed by atoms with Crippen LogP contribution in [0.3, 0.4) is 0 Å². The highest BCUT2D eigenvalue weighted by Gasteiger charge is 2.22. The van der Waals surface area contributed by atoms with Gasteiger partial charge in [0.1, 0.15) is 6.54 Å². The molecule has 1 aromatic heterocycles. The fourth-order valence-electron chi connectivity index (χ4n) is 2.63. The van der Waals surface area contributed by atoms with Crippen LogP contribution in [0.15, 0.2) is 42.5 Å². The molecule has 0 unspecified atom stereocenters. The number of nitrogens with zero attached hydrogens (tertiary/aromatic N) is 1. The zero-order valence-electron chi connectivity index (χ0n) is 9.61. The summed E-state index contributed by atoms with van der Waals surface area (Å²) in [6, 6.07) is 13.1. The van der Waals surface area contributed by atoms with E-state index in [9.17, 15) is 0 Å². The van der Waals surface area contributed by atoms with E-state index in [0.29, 0.717) is 0 Å². The fourth-order valence-corrected chi connectivity index (χ4v) is 2.63. The van der Waals surface area contributed by atoms with Gasteiger partial charge in [0, 0.05) is 29.5 Å². The molecular formula is C15H16N+. The number of allylic oxidation sites excluding steroid dienone is 2. The van der Waals surface area contributed by atoms with E-state index in [2.05, 4.69) is 54.0 Å². The van der Waals surface area contributed by atoms with E-state index in [0.717, 1.165) is 6.54 Å². The molecule has 80 valence electrons. The molecule has 1 heteroatoms. The van der Waals surface area contributed by atoms with Crippen LogP contribution in [0.5, 0.6) is 0 Å². The van der Waals surface area contributed by atoms with E-state index in [1.807, 2.05) is 0 Å². The minimum absolute atomic E-state index is 1.15. The van der Waals surface area contributed by atoms with Crippen molar-refractivity contribution in [1.82, 2.24) is 0 Å². The number of rotatable bonds is 0. The van der Waals surface area contributed by atoms with Crippen molar-refractivity contribution in [2.24, 2.45) is 0 Å². The maximum Gasteiger partial charge on any atom is 0.212 e. The second-order valence-corrected chi connectivity index (χ2v) is 4.35. The number of aryl methyl sites for hydroxylation is 1. The molecule has 0 fully saturated rings. The molecule has 2 aromatic rings. The van der Waals surface area contributed by atoms with Gasteiger partial charge in [-0.2, -0.15) is 4.57 Å². The largest absolute Gasteiger partial charge is 0.212 e. The summed E-state index contributed by atoms with van der Waals surface area (Å²) in [5.41, 5.74) is 4.24. The highest BCUT2D eigenvalue weighted by Crippen LogP contribution is 2.23. The fraction of sp³-hybridized carbons (Fsp3) is 0.267. The quantitative estimate of drug-likeness (QED) is 0.587. The maximum absolute atomic E-state index is 2.45. The number of hydrogen-bond acceptors (Lipinski definition) is 0. The Morgan fingerprint density at radius 1 is 1.12 bits per heavy atom. The molecule has 1 aliphatic heterocycles. The molecular weight excluding hydrogens is 194 g/mol. The third-order valence-electron chi connectivity index (χ3n) is 3.44. The normalized spacial score (nSPS) is 17.7. The van der Waals surface area contributed by atoms with Crippen LogP contribution in [0.2, 0.25) is 0 Å². The first-order chi connectivity index (χ1) is 7.90. The first-order valence-electron chi connectivity index (χ1n) is 5.97. The molecule has 2 heterocycles. The molecule has 0 bridgehead atoms. The lowest BCUT2D eigenvalue weighted by molar-refractivity contribution is -0.677. The van der Waals surface area contributed by atoms with Crippen molar-refractivity contribution in [3.63, 3.8) is 0 Å². The van der Waals surface area contributed by atoms with Gasteiger partial charge in [0.25, 0.3) is 0 Å². The van der Waals surface area contributed by atoms with Crippen molar-refractivity contribution in [3.05, 3.63) is 48.2 Å². The van der Waals surface area contributed by atoms with Crippen LogP contribution in [0.1, 0.15) is 25.5 Å². The van der Waals surface area contributed by atoms with Gasteiger partial charge >= 0.3 is 0 Å². The van der Waals surface area contributed by atoms with Gasteiger partial charge < -0.3 is 0 Å². The average molecular weight is 210 g/mol. The van der Waals surface area contributed by atoms with E-state index < -0.39 is 0 Å². The molecule has 1 aliphatic rings. The van der Waals surface area contributed by atoms with E-state index in [1.165, 1.54) is 35.0 Å². The van der Waals surface area contributed by atoms with Crippen molar-refractivity contribution in [2.75, 3.05) is 0 Å². The maximum atomic E-state index is 2.45. The zero-order valence-corrected chi connectivity index (χ0v) is 9.61. The molecule has 0 amide bonds. The summed E-state index contributed by atoms with van der Waals surface area (Å²) in [4.78, 5) is 0. The SMILES string of the molecule is C/C=C1\CCC[n+]2c1ccc1ccccc12. The molecule has 0 aliphatic carbocycles. The topological polar surface area (TPSA) is 3.88 Å². The Morgan fingerprint density at radius 2 is 2.00 bits per heavy atom. The summed E-state index contributed by atoms with van der Waals surface area (Å²) in [7, 11) is 0. The van der Waals surface area contributed by atoms with E-state index in [4.69, 9.17) is 0 Å². The summed E-state index contributed by atoms with van der Waals surface area (Å²) in [6.07, 6.45) is 4.72. The van der Waals surface area contributed by atoms with Crippen molar-refractivity contribution < 1.29 is 4.57 Å². The molecule has 0 radical (unpaired) electrons. The second kappa shape index (κ2) is 3.75. The Labute approximate surface area is 96.0 Å². The van der Waals surface area contributed by atoms with Gasteiger partial charge in [-0.1, -0.05) is 18.2 Å². The molecule has 16 heavy (non-hydrogen) atoms. The van der Waals surface area contributed by atoms with Gasteiger partial charge in [-0.25, -0.2) is 0 Å². The van der Waals surface area contributed by atoms with Gasteiger partial charge in [0.2, 0.25) is 11.2 Å². The molecule has 3 rings (SSSR count). The van der Waals surface area contributed by atoms with Crippen LogP contribution in [0.4, 0.5) is 0 Å². The molecule has 0 N–H and O–H groups in total. The van der Waals surface area contributed by atoms with Crippen LogP contribution in [0, 0.1) is 0 Å². The summed E-state index contributed by atoms with van der Waals surface area (Å²) in [5, 5.41) is 1.34. The number of hydrogen-bond donors (Lipinski definition) is 0. The van der Waals surface area contributed by atoms with E-state index in [-0.39, 0.29) is 0 Å². The predicted octanol–water partition coefficient (Wildman–Crippen LogP) is 3.32. The number of aromatic nitrogens is 1. The van der Waals surface area contributed by atoms with Crippen molar-refractivity contribution in [2.45, 2.75) is 26.3 Å². The number of benzene rings is 1. The molecule has 0 atom stereocenters. The van der Waals surface area contributed by atoms with Crippen LogP contribution in [-0.4, -0.2) is 0 Å². The monoisotopic (exact) mass is 210 g/mol. The Morgan fingerprint density at radius 3 is 2.88 bits per heavy atom. The van der Waals surface area contributed by atoms with Crippen LogP contribution >= 0.6 is 0 Å². The average Bonchev–Trinajstić information content (AvgIpc) is 2.37.